The first-order chi connectivity index (χ1) is 14.4. The van der Waals surface area contributed by atoms with Crippen LogP contribution in [0.15, 0.2) is 41.5 Å². The molecular formula is C21H23ClIN3O4. The Kier molecular flexibility index (Phi) is 9.88. The minimum atomic E-state index is -0.363. The standard InChI is InChI=1S/C21H23ClIN3O4/c1-3-29-18-11-14(10-17(23)21(18)30-4-2)13-24-26-20(28)9-8-19(27)25-16-7-5-6-15(22)12-16/h5-7,10-13H,3-4,8-9H2,1-2H3,(H,25,27)(H,26,28). The van der Waals surface area contributed by atoms with E-state index in [-0.39, 0.29) is 24.7 Å². The van der Waals surface area contributed by atoms with Crippen molar-refractivity contribution in [1.82, 2.24) is 5.43 Å². The van der Waals surface area contributed by atoms with Crippen LogP contribution in [-0.4, -0.2) is 31.2 Å². The number of hydrogen-bond acceptors (Lipinski definition) is 5. The second-order valence-corrected chi connectivity index (χ2v) is 7.65. The lowest BCUT2D eigenvalue weighted by molar-refractivity contribution is -0.124. The first-order valence-electron chi connectivity index (χ1n) is 9.39. The van der Waals surface area contributed by atoms with Gasteiger partial charge in [0.05, 0.1) is 23.0 Å². The first kappa shape index (κ1) is 23.9. The summed E-state index contributed by atoms with van der Waals surface area (Å²) in [6.45, 7) is 4.84. The van der Waals surface area contributed by atoms with Crippen LogP contribution < -0.4 is 20.2 Å². The molecule has 0 aromatic heterocycles. The summed E-state index contributed by atoms with van der Waals surface area (Å²) >= 11 is 8.04. The Morgan fingerprint density at radius 2 is 1.83 bits per heavy atom. The Hall–Kier alpha value is -2.33. The fourth-order valence-corrected chi connectivity index (χ4v) is 3.43. The summed E-state index contributed by atoms with van der Waals surface area (Å²) in [5.74, 6) is 0.667. The molecule has 0 radical (unpaired) electrons. The molecule has 0 aliphatic carbocycles. The number of rotatable bonds is 10. The molecule has 2 amide bonds. The first-order valence-corrected chi connectivity index (χ1v) is 10.8. The van der Waals surface area contributed by atoms with Crippen LogP contribution in [0, 0.1) is 3.57 Å². The smallest absolute Gasteiger partial charge is 0.240 e. The van der Waals surface area contributed by atoms with Crippen LogP contribution in [0.3, 0.4) is 0 Å². The van der Waals surface area contributed by atoms with Gasteiger partial charge in [-0.3, -0.25) is 9.59 Å². The van der Waals surface area contributed by atoms with E-state index < -0.39 is 0 Å². The van der Waals surface area contributed by atoms with Gasteiger partial charge in [-0.25, -0.2) is 5.43 Å². The average molecular weight is 544 g/mol. The minimum absolute atomic E-state index is 0.00868. The van der Waals surface area contributed by atoms with Crippen molar-refractivity contribution in [3.8, 4) is 11.5 Å². The average Bonchev–Trinajstić information content (AvgIpc) is 2.69. The summed E-state index contributed by atoms with van der Waals surface area (Å²) in [6.07, 6.45) is 1.56. The topological polar surface area (TPSA) is 89.0 Å². The molecule has 0 bridgehead atoms. The normalized spacial score (nSPS) is 10.7. The third-order valence-corrected chi connectivity index (χ3v) is 4.75. The number of nitrogens with one attached hydrogen (secondary N) is 2. The van der Waals surface area contributed by atoms with Crippen molar-refractivity contribution >= 4 is 57.9 Å². The molecule has 7 nitrogen and oxygen atoms in total. The van der Waals surface area contributed by atoms with Gasteiger partial charge < -0.3 is 14.8 Å². The number of amides is 2. The lowest BCUT2D eigenvalue weighted by atomic mass is 10.2. The van der Waals surface area contributed by atoms with Crippen LogP contribution in [0.25, 0.3) is 0 Å². The van der Waals surface area contributed by atoms with Crippen molar-refractivity contribution in [3.63, 3.8) is 0 Å². The van der Waals surface area contributed by atoms with Crippen LogP contribution in [0.5, 0.6) is 11.5 Å². The molecule has 160 valence electrons. The molecule has 0 atom stereocenters. The molecule has 0 fully saturated rings. The van der Waals surface area contributed by atoms with E-state index in [0.29, 0.717) is 35.4 Å². The molecule has 9 heteroatoms. The number of hydrazone groups is 1. The largest absolute Gasteiger partial charge is 0.490 e. The summed E-state index contributed by atoms with van der Waals surface area (Å²) in [6, 6.07) is 10.5. The van der Waals surface area contributed by atoms with Crippen LogP contribution in [-0.2, 0) is 9.59 Å². The van der Waals surface area contributed by atoms with Gasteiger partial charge in [0, 0.05) is 23.6 Å². The van der Waals surface area contributed by atoms with Gasteiger partial charge in [0.1, 0.15) is 0 Å². The molecular weight excluding hydrogens is 521 g/mol. The summed E-state index contributed by atoms with van der Waals surface area (Å²) in [5.41, 5.74) is 3.76. The summed E-state index contributed by atoms with van der Waals surface area (Å²) in [7, 11) is 0. The third-order valence-electron chi connectivity index (χ3n) is 3.71. The predicted octanol–water partition coefficient (Wildman–Crippen LogP) is 4.61. The molecule has 2 rings (SSSR count). The molecule has 30 heavy (non-hydrogen) atoms. The van der Waals surface area contributed by atoms with Crippen LogP contribution in [0.4, 0.5) is 5.69 Å². The zero-order valence-electron chi connectivity index (χ0n) is 16.7. The maximum atomic E-state index is 11.9. The molecule has 2 aromatic rings. The number of nitrogens with zero attached hydrogens (tertiary/aromatic N) is 1. The third kappa shape index (κ3) is 7.83. The van der Waals surface area contributed by atoms with Crippen LogP contribution in [0.1, 0.15) is 32.3 Å². The van der Waals surface area contributed by atoms with Crippen LogP contribution >= 0.6 is 34.2 Å². The van der Waals surface area contributed by atoms with E-state index in [0.717, 1.165) is 9.13 Å². The van der Waals surface area contributed by atoms with E-state index >= 15 is 0 Å². The van der Waals surface area contributed by atoms with Crippen molar-refractivity contribution in [1.29, 1.82) is 0 Å². The summed E-state index contributed by atoms with van der Waals surface area (Å²) < 4.78 is 12.1. The number of benzene rings is 2. The Balaban J connectivity index is 1.87. The maximum Gasteiger partial charge on any atom is 0.240 e. The number of ether oxygens (including phenoxy) is 2. The predicted molar refractivity (Wildman–Crippen MR) is 127 cm³/mol. The summed E-state index contributed by atoms with van der Waals surface area (Å²) in [5, 5.41) is 7.18. The van der Waals surface area contributed by atoms with Gasteiger partial charge in [-0.15, -0.1) is 0 Å². The van der Waals surface area contributed by atoms with Crippen molar-refractivity contribution < 1.29 is 19.1 Å². The molecule has 2 aromatic carbocycles. The lowest BCUT2D eigenvalue weighted by Crippen LogP contribution is -2.20. The zero-order chi connectivity index (χ0) is 21.9. The summed E-state index contributed by atoms with van der Waals surface area (Å²) in [4.78, 5) is 23.9. The number of hydrogen-bond donors (Lipinski definition) is 2. The molecule has 0 aliphatic heterocycles. The van der Waals surface area contributed by atoms with Gasteiger partial charge in [-0.05, 0) is 72.3 Å². The number of halogens is 2. The van der Waals surface area contributed by atoms with Crippen molar-refractivity contribution in [2.24, 2.45) is 5.10 Å². The Bertz CT molecular complexity index is 921. The SMILES string of the molecule is CCOc1cc(C=NNC(=O)CCC(=O)Nc2cccc(Cl)c2)cc(I)c1OCC. The highest BCUT2D eigenvalue weighted by Crippen LogP contribution is 2.33. The van der Waals surface area contributed by atoms with E-state index in [4.69, 9.17) is 21.1 Å². The van der Waals surface area contributed by atoms with Gasteiger partial charge in [-0.2, -0.15) is 5.10 Å². The highest BCUT2D eigenvalue weighted by atomic mass is 127. The van der Waals surface area contributed by atoms with Gasteiger partial charge in [0.25, 0.3) is 0 Å². The van der Waals surface area contributed by atoms with Gasteiger partial charge in [0.15, 0.2) is 11.5 Å². The highest BCUT2D eigenvalue weighted by Gasteiger charge is 2.11. The fraction of sp³-hybridized carbons (Fsp3) is 0.286. The monoisotopic (exact) mass is 543 g/mol. The maximum absolute atomic E-state index is 11.9. The van der Waals surface area contributed by atoms with E-state index in [1.165, 1.54) is 6.21 Å². The van der Waals surface area contributed by atoms with Crippen molar-refractivity contribution in [2.45, 2.75) is 26.7 Å². The quantitative estimate of drug-likeness (QED) is 0.260. The number of anilines is 1. The second-order valence-electron chi connectivity index (χ2n) is 6.05. The van der Waals surface area contributed by atoms with Crippen LogP contribution in [0.2, 0.25) is 5.02 Å². The molecule has 0 heterocycles. The number of carbonyl (C=O) groups excluding carboxylic acids is 2. The lowest BCUT2D eigenvalue weighted by Gasteiger charge is -2.13. The second kappa shape index (κ2) is 12.4. The van der Waals surface area contributed by atoms with Gasteiger partial charge in [-0.1, -0.05) is 17.7 Å². The Labute approximate surface area is 194 Å². The van der Waals surface area contributed by atoms with E-state index in [1.54, 1.807) is 30.3 Å². The minimum Gasteiger partial charge on any atom is -0.490 e. The number of carbonyl (C=O) groups is 2. The van der Waals surface area contributed by atoms with E-state index in [2.05, 4.69) is 38.4 Å². The zero-order valence-corrected chi connectivity index (χ0v) is 19.6. The Morgan fingerprint density at radius 3 is 2.53 bits per heavy atom. The van der Waals surface area contributed by atoms with Gasteiger partial charge >= 0.3 is 0 Å². The molecule has 0 spiro atoms. The van der Waals surface area contributed by atoms with E-state index in [9.17, 15) is 9.59 Å². The van der Waals surface area contributed by atoms with Crippen molar-refractivity contribution in [2.75, 3.05) is 18.5 Å². The highest BCUT2D eigenvalue weighted by molar-refractivity contribution is 14.1. The molecule has 2 N–H and O–H groups in total. The molecule has 0 unspecified atom stereocenters. The molecule has 0 saturated heterocycles. The van der Waals surface area contributed by atoms with Crippen molar-refractivity contribution in [3.05, 3.63) is 50.6 Å². The fourth-order valence-electron chi connectivity index (χ4n) is 2.46. The van der Waals surface area contributed by atoms with Gasteiger partial charge in [0.2, 0.25) is 11.8 Å². The Morgan fingerprint density at radius 1 is 1.10 bits per heavy atom. The molecule has 0 saturated carbocycles. The van der Waals surface area contributed by atoms with E-state index in [1.807, 2.05) is 19.9 Å². The molecule has 0 aliphatic rings.